The minimum atomic E-state index is -0.565. The number of phenolic OH excluding ortho intramolecular Hbond substituents is 2. The molecule has 8 heteroatoms. The zero-order valence-electron chi connectivity index (χ0n) is 17.7. The lowest BCUT2D eigenvalue weighted by Crippen LogP contribution is -2.36. The number of hydrogen-bond acceptors (Lipinski definition) is 7. The standard InChI is InChI=1S/C26H18N4O4/c31-22-10-3-1-6-16(22)14-27-29-21-13-12-20-24-18(21)8-5-9-19(24)25(33)30(26(20)34)28-15-17-7-2-4-11-23(17)32/h1-15,29,31-32H/b27-14+,28-15+. The number of rotatable bonds is 5. The quantitative estimate of drug-likeness (QED) is 0.238. The molecular formula is C26H18N4O4. The first-order valence-corrected chi connectivity index (χ1v) is 10.4. The fourth-order valence-corrected chi connectivity index (χ4v) is 3.77. The maximum atomic E-state index is 13.1. The van der Waals surface area contributed by atoms with Gasteiger partial charge in [0.2, 0.25) is 0 Å². The second-order valence-electron chi connectivity index (χ2n) is 7.54. The normalized spacial score (nSPS) is 13.4. The summed E-state index contributed by atoms with van der Waals surface area (Å²) < 4.78 is 0. The largest absolute Gasteiger partial charge is 0.507 e. The Balaban J connectivity index is 1.49. The summed E-state index contributed by atoms with van der Waals surface area (Å²) >= 11 is 0. The van der Waals surface area contributed by atoms with Gasteiger partial charge in [0.15, 0.2) is 0 Å². The van der Waals surface area contributed by atoms with Crippen LogP contribution in [0, 0.1) is 0 Å². The van der Waals surface area contributed by atoms with Crippen molar-refractivity contribution >= 4 is 40.7 Å². The lowest BCUT2D eigenvalue weighted by molar-refractivity contribution is 0.0616. The molecule has 0 saturated heterocycles. The van der Waals surface area contributed by atoms with Gasteiger partial charge in [-0.15, -0.1) is 0 Å². The highest BCUT2D eigenvalue weighted by Crippen LogP contribution is 2.34. The third-order valence-electron chi connectivity index (χ3n) is 5.46. The Morgan fingerprint density at radius 2 is 1.32 bits per heavy atom. The molecule has 0 fully saturated rings. The number of nitrogens with zero attached hydrogens (tertiary/aromatic N) is 3. The summed E-state index contributed by atoms with van der Waals surface area (Å²) in [5.74, 6) is -1.04. The van der Waals surface area contributed by atoms with Gasteiger partial charge in [-0.2, -0.15) is 15.2 Å². The van der Waals surface area contributed by atoms with Crippen LogP contribution in [0.5, 0.6) is 11.5 Å². The van der Waals surface area contributed by atoms with Crippen molar-refractivity contribution in [1.29, 1.82) is 0 Å². The molecule has 3 N–H and O–H groups in total. The van der Waals surface area contributed by atoms with Gasteiger partial charge in [-0.1, -0.05) is 36.4 Å². The van der Waals surface area contributed by atoms with Crippen LogP contribution in [0.25, 0.3) is 10.8 Å². The summed E-state index contributed by atoms with van der Waals surface area (Å²) in [5, 5.41) is 30.0. The maximum Gasteiger partial charge on any atom is 0.282 e. The van der Waals surface area contributed by atoms with Crippen LogP contribution in [0.15, 0.2) is 89.1 Å². The summed E-state index contributed by atoms with van der Waals surface area (Å²) in [4.78, 5) is 26.2. The molecule has 5 rings (SSSR count). The molecular weight excluding hydrogens is 432 g/mol. The number of carbonyl (C=O) groups excluding carboxylic acids is 2. The number of anilines is 1. The minimum absolute atomic E-state index is 0.00856. The first kappa shape index (κ1) is 20.9. The average molecular weight is 450 g/mol. The first-order valence-electron chi connectivity index (χ1n) is 10.4. The average Bonchev–Trinajstić information content (AvgIpc) is 2.85. The van der Waals surface area contributed by atoms with Gasteiger partial charge in [0.25, 0.3) is 11.8 Å². The fraction of sp³-hybridized carbons (Fsp3) is 0. The number of aromatic hydroxyl groups is 2. The van der Waals surface area contributed by atoms with Gasteiger partial charge in [-0.25, -0.2) is 0 Å². The van der Waals surface area contributed by atoms with Crippen LogP contribution >= 0.6 is 0 Å². The van der Waals surface area contributed by atoms with Crippen LogP contribution in [0.4, 0.5) is 5.69 Å². The molecule has 1 aliphatic rings. The van der Waals surface area contributed by atoms with Gasteiger partial charge >= 0.3 is 0 Å². The van der Waals surface area contributed by atoms with E-state index in [0.717, 1.165) is 5.01 Å². The molecule has 0 aliphatic carbocycles. The molecule has 166 valence electrons. The molecule has 34 heavy (non-hydrogen) atoms. The summed E-state index contributed by atoms with van der Waals surface area (Å²) in [6.45, 7) is 0. The number of hydrazone groups is 2. The van der Waals surface area contributed by atoms with E-state index >= 15 is 0 Å². The number of hydrogen-bond donors (Lipinski definition) is 3. The number of benzene rings is 4. The van der Waals surface area contributed by atoms with Crippen LogP contribution in [0.3, 0.4) is 0 Å². The Morgan fingerprint density at radius 1 is 0.706 bits per heavy atom. The molecule has 8 nitrogen and oxygen atoms in total. The van der Waals surface area contributed by atoms with Crippen molar-refractivity contribution in [1.82, 2.24) is 5.01 Å². The molecule has 0 atom stereocenters. The second kappa shape index (κ2) is 8.51. The molecule has 0 unspecified atom stereocenters. The second-order valence-corrected chi connectivity index (χ2v) is 7.54. The van der Waals surface area contributed by atoms with Crippen molar-refractivity contribution in [2.75, 3.05) is 5.43 Å². The van der Waals surface area contributed by atoms with Crippen LogP contribution in [-0.4, -0.2) is 39.5 Å². The zero-order chi connectivity index (χ0) is 23.7. The molecule has 4 aromatic rings. The van der Waals surface area contributed by atoms with Crippen LogP contribution in [-0.2, 0) is 0 Å². The van der Waals surface area contributed by atoms with Gasteiger partial charge < -0.3 is 10.2 Å². The number of imide groups is 1. The molecule has 2 amide bonds. The van der Waals surface area contributed by atoms with Gasteiger partial charge in [-0.05, 0) is 42.5 Å². The summed E-state index contributed by atoms with van der Waals surface area (Å²) in [7, 11) is 0. The van der Waals surface area contributed by atoms with E-state index in [0.29, 0.717) is 38.7 Å². The predicted molar refractivity (Wildman–Crippen MR) is 129 cm³/mol. The minimum Gasteiger partial charge on any atom is -0.507 e. The van der Waals surface area contributed by atoms with E-state index in [9.17, 15) is 19.8 Å². The number of phenols is 2. The summed E-state index contributed by atoms with van der Waals surface area (Å²) in [6, 6.07) is 21.7. The highest BCUT2D eigenvalue weighted by atomic mass is 16.3. The van der Waals surface area contributed by atoms with Gasteiger partial charge in [-0.3, -0.25) is 15.0 Å². The van der Waals surface area contributed by atoms with Crippen molar-refractivity contribution in [3.8, 4) is 11.5 Å². The highest BCUT2D eigenvalue weighted by Gasteiger charge is 2.33. The van der Waals surface area contributed by atoms with Crippen molar-refractivity contribution in [3.63, 3.8) is 0 Å². The van der Waals surface area contributed by atoms with E-state index in [-0.39, 0.29) is 11.5 Å². The number of carbonyl (C=O) groups is 2. The van der Waals surface area contributed by atoms with E-state index < -0.39 is 11.8 Å². The predicted octanol–water partition coefficient (Wildman–Crippen LogP) is 4.33. The molecule has 1 aliphatic heterocycles. The number of para-hydroxylation sites is 2. The lowest BCUT2D eigenvalue weighted by Gasteiger charge is -2.24. The topological polar surface area (TPSA) is 115 Å². The van der Waals surface area contributed by atoms with Crippen LogP contribution < -0.4 is 5.43 Å². The van der Waals surface area contributed by atoms with Crippen molar-refractivity contribution in [3.05, 3.63) is 101 Å². The summed E-state index contributed by atoms with van der Waals surface area (Å²) in [6.07, 6.45) is 2.76. The van der Waals surface area contributed by atoms with Crippen LogP contribution in [0.2, 0.25) is 0 Å². The Kier molecular flexibility index (Phi) is 5.23. The van der Waals surface area contributed by atoms with Crippen molar-refractivity contribution < 1.29 is 19.8 Å². The SMILES string of the molecule is O=C1c2cccc3c(N/N=C/c4ccccc4O)ccc(c23)C(=O)N1/N=C/c1ccccc1O. The Bertz CT molecular complexity index is 1490. The maximum absolute atomic E-state index is 13.1. The van der Waals surface area contributed by atoms with E-state index in [1.807, 2.05) is 0 Å². The van der Waals surface area contributed by atoms with Crippen LogP contribution in [0.1, 0.15) is 31.8 Å². The molecule has 4 aromatic carbocycles. The van der Waals surface area contributed by atoms with E-state index in [1.165, 1.54) is 18.5 Å². The fourth-order valence-electron chi connectivity index (χ4n) is 3.77. The molecule has 0 aromatic heterocycles. The van der Waals surface area contributed by atoms with E-state index in [2.05, 4.69) is 15.6 Å². The smallest absolute Gasteiger partial charge is 0.282 e. The Morgan fingerprint density at radius 3 is 2.00 bits per heavy atom. The van der Waals surface area contributed by atoms with E-state index in [1.54, 1.807) is 72.8 Å². The lowest BCUT2D eigenvalue weighted by atomic mass is 9.94. The molecule has 0 spiro atoms. The Labute approximate surface area is 194 Å². The molecule has 0 saturated carbocycles. The third-order valence-corrected chi connectivity index (χ3v) is 5.46. The molecule has 0 radical (unpaired) electrons. The number of nitrogens with one attached hydrogen (secondary N) is 1. The van der Waals surface area contributed by atoms with Gasteiger partial charge in [0.1, 0.15) is 11.5 Å². The third kappa shape index (κ3) is 3.63. The first-order chi connectivity index (χ1) is 16.5. The van der Waals surface area contributed by atoms with Gasteiger partial charge in [0, 0.05) is 21.9 Å². The monoisotopic (exact) mass is 450 g/mol. The number of amides is 2. The van der Waals surface area contributed by atoms with Gasteiger partial charge in [0.05, 0.1) is 29.2 Å². The summed E-state index contributed by atoms with van der Waals surface area (Å²) in [5.41, 5.74) is 5.10. The molecule has 1 heterocycles. The Hall–Kier alpha value is -4.98. The van der Waals surface area contributed by atoms with Crippen molar-refractivity contribution in [2.45, 2.75) is 0 Å². The zero-order valence-corrected chi connectivity index (χ0v) is 17.7. The van der Waals surface area contributed by atoms with E-state index in [4.69, 9.17) is 0 Å². The highest BCUT2D eigenvalue weighted by molar-refractivity contribution is 6.26. The van der Waals surface area contributed by atoms with Crippen molar-refractivity contribution in [2.24, 2.45) is 10.2 Å². The molecule has 0 bridgehead atoms.